The average molecular weight is 1190 g/mol. The first-order valence-corrected chi connectivity index (χ1v) is 30.2. The van der Waals surface area contributed by atoms with E-state index in [-0.39, 0.29) is 37.2 Å². The number of rotatable bonds is 21. The first-order valence-electron chi connectivity index (χ1n) is 28.0. The highest BCUT2D eigenvalue weighted by molar-refractivity contribution is 7.85. The van der Waals surface area contributed by atoms with Crippen molar-refractivity contribution < 1.29 is 60.2 Å². The van der Waals surface area contributed by atoms with Gasteiger partial charge in [-0.2, -0.15) is 8.42 Å². The summed E-state index contributed by atoms with van der Waals surface area (Å²) in [4.78, 5) is 82.3. The predicted octanol–water partition coefficient (Wildman–Crippen LogP) is 7.54. The van der Waals surface area contributed by atoms with Crippen molar-refractivity contribution in [3.63, 3.8) is 0 Å². The number of halogens is 2. The number of Topliss-reactive ketones (excluding diaryl/α,β-unsaturated/α-hetero) is 1. The SMILES string of the molecule is CC[C@@H]1C[C@]1(CC(=O)[C@@H]1C[C@@H](Oc2cc(OCCN3CCOCC3)nc3c(Cl)cccc23)CN1C(=O)[C@@H](CC(=O)OC(C)(C)C)C(C)(C)C)C(=O)NS(=O)(=O)OC1(C)CC1.O=c1cc(OCCN2CCOCC2)[nH]c2c(Cl)cccc12. The normalized spacial score (nSPS) is 22.5. The van der Waals surface area contributed by atoms with Gasteiger partial charge in [-0.25, -0.2) is 13.9 Å². The maximum atomic E-state index is 14.8. The number of amides is 2. The summed E-state index contributed by atoms with van der Waals surface area (Å²) in [5, 5.41) is 2.09. The van der Waals surface area contributed by atoms with Crippen molar-refractivity contribution >= 4 is 78.9 Å². The molecule has 5 aliphatic rings. The Balaban J connectivity index is 0.000000340. The molecule has 3 saturated heterocycles. The molecule has 2 N–H and O–H groups in total. The molecule has 2 aromatic heterocycles. The van der Waals surface area contributed by atoms with Gasteiger partial charge >= 0.3 is 16.3 Å². The third-order valence-electron chi connectivity index (χ3n) is 15.5. The van der Waals surface area contributed by atoms with Gasteiger partial charge in [-0.15, -0.1) is 0 Å². The minimum atomic E-state index is -4.43. The Hall–Kier alpha value is -5.13. The third kappa shape index (κ3) is 16.4. The van der Waals surface area contributed by atoms with Crippen molar-refractivity contribution in [3.8, 4) is 17.5 Å². The number of nitrogens with one attached hydrogen (secondary N) is 2. The van der Waals surface area contributed by atoms with Crippen LogP contribution in [0.4, 0.5) is 0 Å². The van der Waals surface area contributed by atoms with Crippen LogP contribution in [0, 0.1) is 22.7 Å². The highest BCUT2D eigenvalue weighted by Crippen LogP contribution is 2.58. The van der Waals surface area contributed by atoms with E-state index < -0.39 is 74.0 Å². The number of hydrogen-bond donors (Lipinski definition) is 2. The van der Waals surface area contributed by atoms with Crippen molar-refractivity contribution in [2.75, 3.05) is 85.5 Å². The molecule has 5 heterocycles. The molecule has 2 saturated carbocycles. The van der Waals surface area contributed by atoms with Gasteiger partial charge in [0.05, 0.1) is 83.4 Å². The van der Waals surface area contributed by atoms with E-state index in [0.717, 1.165) is 45.9 Å². The summed E-state index contributed by atoms with van der Waals surface area (Å²) in [5.41, 5.74) is -2.66. The number of morpholine rings is 2. The van der Waals surface area contributed by atoms with Crippen LogP contribution in [0.3, 0.4) is 0 Å². The number of ether oxygens (including phenoxy) is 6. The zero-order valence-electron chi connectivity index (χ0n) is 47.7. The molecule has 20 nitrogen and oxygen atoms in total. The van der Waals surface area contributed by atoms with Crippen LogP contribution >= 0.6 is 23.2 Å². The lowest BCUT2D eigenvalue weighted by Crippen LogP contribution is -2.49. The van der Waals surface area contributed by atoms with Crippen LogP contribution in [0.2, 0.25) is 10.0 Å². The van der Waals surface area contributed by atoms with Crippen LogP contribution in [0.5, 0.6) is 17.5 Å². The van der Waals surface area contributed by atoms with Gasteiger partial charge in [0.15, 0.2) is 17.1 Å². The molecule has 0 bridgehead atoms. The monoisotopic (exact) mass is 1180 g/mol. The number of pyridine rings is 2. The van der Waals surface area contributed by atoms with Gasteiger partial charge < -0.3 is 38.3 Å². The predicted molar refractivity (Wildman–Crippen MR) is 306 cm³/mol. The number of benzene rings is 2. The smallest absolute Gasteiger partial charge is 0.362 e. The van der Waals surface area contributed by atoms with Gasteiger partial charge in [0.25, 0.3) is 0 Å². The molecule has 2 amide bonds. The molecule has 444 valence electrons. The molecule has 3 aliphatic heterocycles. The summed E-state index contributed by atoms with van der Waals surface area (Å²) < 4.78 is 68.0. The summed E-state index contributed by atoms with van der Waals surface area (Å²) in [7, 11) is -4.43. The number of para-hydroxylation sites is 2. The number of esters is 1. The van der Waals surface area contributed by atoms with Crippen LogP contribution < -0.4 is 24.4 Å². The van der Waals surface area contributed by atoms with E-state index in [1.165, 1.54) is 11.0 Å². The Morgan fingerprint density at radius 1 is 0.877 bits per heavy atom. The van der Waals surface area contributed by atoms with E-state index >= 15 is 0 Å². The fourth-order valence-corrected chi connectivity index (χ4v) is 12.2. The third-order valence-corrected chi connectivity index (χ3v) is 17.2. The Morgan fingerprint density at radius 2 is 1.49 bits per heavy atom. The number of hydrogen-bond acceptors (Lipinski definition) is 17. The van der Waals surface area contributed by atoms with Gasteiger partial charge in [0.2, 0.25) is 17.7 Å². The van der Waals surface area contributed by atoms with Crippen LogP contribution in [-0.4, -0.2) is 165 Å². The van der Waals surface area contributed by atoms with Gasteiger partial charge in [-0.3, -0.25) is 33.8 Å². The Kier molecular flexibility index (Phi) is 19.7. The number of fused-ring (bicyclic) bond motifs is 2. The van der Waals surface area contributed by atoms with Gasteiger partial charge in [0.1, 0.15) is 30.7 Å². The number of nitrogens with zero attached hydrogens (tertiary/aromatic N) is 4. The van der Waals surface area contributed by atoms with Gasteiger partial charge in [-0.1, -0.05) is 69.5 Å². The van der Waals surface area contributed by atoms with Crippen LogP contribution in [0.25, 0.3) is 21.8 Å². The van der Waals surface area contributed by atoms with Crippen LogP contribution in [0.15, 0.2) is 53.3 Å². The Bertz CT molecular complexity index is 3100. The average Bonchev–Trinajstić information content (AvgIpc) is 4.44. The molecule has 0 radical (unpaired) electrons. The molecular weight excluding hydrogens is 1110 g/mol. The van der Waals surface area contributed by atoms with E-state index in [9.17, 15) is 32.4 Å². The molecular formula is C58H78Cl2N6O14S. The lowest BCUT2D eigenvalue weighted by molar-refractivity contribution is -0.161. The number of ketones is 1. The van der Waals surface area contributed by atoms with Gasteiger partial charge in [0, 0.05) is 75.0 Å². The fraction of sp³-hybridized carbons (Fsp3) is 0.621. The number of likely N-dealkylation sites (tertiary alicyclic amines) is 1. The Labute approximate surface area is 484 Å². The first-order chi connectivity index (χ1) is 38.2. The van der Waals surface area contributed by atoms with Crippen molar-refractivity contribution in [2.45, 2.75) is 124 Å². The summed E-state index contributed by atoms with van der Waals surface area (Å²) in [5.74, 6) is -2.16. The molecule has 2 aromatic carbocycles. The molecule has 4 aromatic rings. The number of carbonyl (C=O) groups is 4. The molecule has 9 rings (SSSR count). The summed E-state index contributed by atoms with van der Waals surface area (Å²) in [6, 6.07) is 12.7. The molecule has 23 heteroatoms. The molecule has 81 heavy (non-hydrogen) atoms. The second-order valence-corrected chi connectivity index (χ2v) is 26.2. The zero-order valence-corrected chi connectivity index (χ0v) is 50.1. The highest BCUT2D eigenvalue weighted by Gasteiger charge is 2.62. The molecule has 2 aliphatic carbocycles. The molecule has 0 spiro atoms. The van der Waals surface area contributed by atoms with Crippen molar-refractivity contribution in [3.05, 3.63) is 68.8 Å². The minimum Gasteiger partial charge on any atom is -0.488 e. The van der Waals surface area contributed by atoms with E-state index in [2.05, 4.69) is 24.5 Å². The summed E-state index contributed by atoms with van der Waals surface area (Å²) in [6.07, 6.45) is 0.772. The van der Waals surface area contributed by atoms with E-state index in [1.54, 1.807) is 64.1 Å². The lowest BCUT2D eigenvalue weighted by Gasteiger charge is -2.35. The number of carbonyl (C=O) groups excluding carboxylic acids is 4. The van der Waals surface area contributed by atoms with Crippen LogP contribution in [-0.2, 0) is 47.9 Å². The van der Waals surface area contributed by atoms with Crippen molar-refractivity contribution in [1.29, 1.82) is 0 Å². The summed E-state index contributed by atoms with van der Waals surface area (Å²) in [6.45, 7) is 23.0. The lowest BCUT2D eigenvalue weighted by atomic mass is 9.77. The second kappa shape index (κ2) is 25.8. The van der Waals surface area contributed by atoms with E-state index in [0.29, 0.717) is 108 Å². The number of H-pyrrole nitrogens is 1. The number of aromatic amines is 1. The summed E-state index contributed by atoms with van der Waals surface area (Å²) >= 11 is 12.8. The molecule has 5 fully saturated rings. The Morgan fingerprint density at radius 3 is 2.09 bits per heavy atom. The molecule has 0 unspecified atom stereocenters. The maximum absolute atomic E-state index is 14.8. The number of aromatic nitrogens is 2. The first kappa shape index (κ1) is 61.9. The standard InChI is InChI=1S/C43H61ClN4O11S.C15H17ClN2O3/c1-9-27-24-43(27,39(52)46-60(53,54)59-42(8)13-14-42)25-33(49)32-21-28(26-48(32)38(51)30(40(2,3)4)22-36(50)58-41(5,6)7)57-34-23-35(45-37-29(34)11-10-12-31(37)44)56-20-17-47-15-18-55-19-16-47;16-12-3-1-2-11-13(19)10-14(17-15(11)12)21-9-6-18-4-7-20-8-5-18/h10-12,23,27-28,30,32H,9,13-22,24-26H2,1-8H3,(H,46,52);1-3,10H,4-9H2,(H,17,19)/t27-,28-,30-,32+,43-;/m1./s1. The van der Waals surface area contributed by atoms with Crippen molar-refractivity contribution in [2.24, 2.45) is 22.7 Å². The van der Waals surface area contributed by atoms with E-state index in [1.807, 2.05) is 33.8 Å². The molecule has 5 atom stereocenters. The quantitative estimate of drug-likeness (QED) is 0.0767. The van der Waals surface area contributed by atoms with Crippen LogP contribution in [0.1, 0.15) is 100 Å². The zero-order chi connectivity index (χ0) is 58.5. The van der Waals surface area contributed by atoms with E-state index in [4.69, 9.17) is 55.8 Å². The minimum absolute atomic E-state index is 0.00898. The fourth-order valence-electron chi connectivity index (χ4n) is 10.6. The largest absolute Gasteiger partial charge is 0.488 e. The van der Waals surface area contributed by atoms with Crippen molar-refractivity contribution in [1.82, 2.24) is 29.4 Å². The second-order valence-electron chi connectivity index (χ2n) is 24.1. The highest BCUT2D eigenvalue weighted by atomic mass is 35.5. The topological polar surface area (TPSA) is 235 Å². The van der Waals surface area contributed by atoms with Gasteiger partial charge in [-0.05, 0) is 82.6 Å². The maximum Gasteiger partial charge on any atom is 0.362 e.